The third-order valence-corrected chi connectivity index (χ3v) is 4.99. The highest BCUT2D eigenvalue weighted by Gasteiger charge is 2.15. The number of carbonyl (C=O) groups excluding carboxylic acids is 1. The third-order valence-electron chi connectivity index (χ3n) is 4.99. The standard InChI is InChI=1S/C22H22N2O2.ClH.2H3N.2H2/c25-21-19-7-3-2-6-16(19)8-13-20(21)22(26)23-17-9-11-18(12-10-17)24-14-4-1-5-15-24;;;;;/h2-3,6-13,25H,1,4-5,14-15H2,(H,23,26);1H;2*1H3;2*1H. The zero-order valence-electron chi connectivity index (χ0n) is 16.4. The van der Waals surface area contributed by atoms with Gasteiger partial charge in [-0.2, -0.15) is 0 Å². The molecule has 0 radical (unpaired) electrons. The number of carbonyl (C=O) groups is 1. The number of phenols is 1. The zero-order valence-corrected chi connectivity index (χ0v) is 17.3. The molecule has 1 amide bonds. The fourth-order valence-electron chi connectivity index (χ4n) is 3.54. The van der Waals surface area contributed by atoms with E-state index in [1.165, 1.54) is 24.9 Å². The van der Waals surface area contributed by atoms with Crippen LogP contribution in [0.3, 0.4) is 0 Å². The molecule has 0 bridgehead atoms. The molecule has 8 N–H and O–H groups in total. The van der Waals surface area contributed by atoms with Crippen LogP contribution in [0.5, 0.6) is 5.75 Å². The minimum absolute atomic E-state index is 0. The Hall–Kier alpha value is -2.80. The number of anilines is 2. The lowest BCUT2D eigenvalue weighted by Gasteiger charge is -2.28. The molecule has 1 aliphatic heterocycles. The van der Waals surface area contributed by atoms with Crippen molar-refractivity contribution in [1.82, 2.24) is 12.3 Å². The summed E-state index contributed by atoms with van der Waals surface area (Å²) in [6, 6.07) is 18.9. The number of rotatable bonds is 3. The smallest absolute Gasteiger partial charge is 0.259 e. The van der Waals surface area contributed by atoms with Gasteiger partial charge in [0.25, 0.3) is 5.91 Å². The van der Waals surface area contributed by atoms with Crippen molar-refractivity contribution in [2.75, 3.05) is 23.3 Å². The van der Waals surface area contributed by atoms with Crippen LogP contribution >= 0.6 is 12.4 Å². The lowest BCUT2D eigenvalue weighted by Crippen LogP contribution is -2.29. The predicted octanol–water partition coefficient (Wildman–Crippen LogP) is 6.03. The number of hydrogen-bond donors (Lipinski definition) is 4. The van der Waals surface area contributed by atoms with Crippen LogP contribution in [0.15, 0.2) is 60.7 Å². The number of nitrogens with one attached hydrogen (secondary N) is 1. The van der Waals surface area contributed by atoms with Crippen molar-refractivity contribution >= 4 is 40.5 Å². The molecule has 0 saturated carbocycles. The first kappa shape index (κ1) is 24.2. The topological polar surface area (TPSA) is 123 Å². The van der Waals surface area contributed by atoms with Gasteiger partial charge in [-0.05, 0) is 55.0 Å². The van der Waals surface area contributed by atoms with Crippen LogP contribution in [0.1, 0.15) is 32.5 Å². The van der Waals surface area contributed by atoms with Crippen molar-refractivity contribution < 1.29 is 12.8 Å². The molecule has 1 saturated heterocycles. The fraction of sp³-hybridized carbons (Fsp3) is 0.227. The molecule has 6 nitrogen and oxygen atoms in total. The summed E-state index contributed by atoms with van der Waals surface area (Å²) in [6.07, 6.45) is 3.78. The molecule has 0 unspecified atom stereocenters. The highest BCUT2D eigenvalue weighted by Crippen LogP contribution is 2.29. The Kier molecular flexibility index (Phi) is 8.91. The van der Waals surface area contributed by atoms with E-state index in [9.17, 15) is 9.90 Å². The number of amides is 1. The number of piperidine rings is 1. The maximum absolute atomic E-state index is 12.6. The molecule has 3 aromatic rings. The van der Waals surface area contributed by atoms with E-state index in [-0.39, 0.29) is 44.8 Å². The van der Waals surface area contributed by atoms with Gasteiger partial charge in [0.15, 0.2) is 0 Å². The first-order chi connectivity index (χ1) is 12.7. The molecular weight excluding hydrogens is 388 g/mol. The maximum Gasteiger partial charge on any atom is 0.259 e. The van der Waals surface area contributed by atoms with Gasteiger partial charge in [-0.15, -0.1) is 12.4 Å². The molecule has 1 heterocycles. The average Bonchev–Trinajstić information content (AvgIpc) is 2.69. The number of nitrogens with zero attached hydrogens (tertiary/aromatic N) is 1. The van der Waals surface area contributed by atoms with Gasteiger partial charge in [0.1, 0.15) is 5.75 Å². The van der Waals surface area contributed by atoms with E-state index in [1.54, 1.807) is 6.07 Å². The van der Waals surface area contributed by atoms with Crippen LogP contribution in [0.4, 0.5) is 11.4 Å². The van der Waals surface area contributed by atoms with Crippen molar-refractivity contribution in [1.29, 1.82) is 0 Å². The predicted molar refractivity (Wildman–Crippen MR) is 128 cm³/mol. The number of hydrogen-bond acceptors (Lipinski definition) is 5. The lowest BCUT2D eigenvalue weighted by molar-refractivity contribution is 0.102. The Morgan fingerprint density at radius 2 is 1.55 bits per heavy atom. The second-order valence-corrected chi connectivity index (χ2v) is 6.73. The molecule has 0 spiro atoms. The number of phenolic OH excluding ortho intramolecular Hbond substituents is 1. The Bertz CT molecular complexity index is 952. The summed E-state index contributed by atoms with van der Waals surface area (Å²) >= 11 is 0. The Labute approximate surface area is 180 Å². The molecule has 0 aliphatic carbocycles. The first-order valence-electron chi connectivity index (χ1n) is 9.09. The largest absolute Gasteiger partial charge is 0.506 e. The monoisotopic (exact) mass is 420 g/mol. The van der Waals surface area contributed by atoms with Crippen LogP contribution in [0.2, 0.25) is 0 Å². The summed E-state index contributed by atoms with van der Waals surface area (Å²) < 4.78 is 0. The summed E-state index contributed by atoms with van der Waals surface area (Å²) in [7, 11) is 0. The number of halogens is 1. The highest BCUT2D eigenvalue weighted by atomic mass is 35.5. The molecule has 3 aromatic carbocycles. The van der Waals surface area contributed by atoms with Gasteiger partial charge in [0.05, 0.1) is 5.56 Å². The fourth-order valence-corrected chi connectivity index (χ4v) is 3.54. The van der Waals surface area contributed by atoms with E-state index >= 15 is 0 Å². The SMILES string of the molecule is Cl.N.N.O=C(Nc1ccc(N2CCCCC2)cc1)c1ccc2ccccc2c1O.[HH].[HH]. The van der Waals surface area contributed by atoms with Gasteiger partial charge < -0.3 is 27.6 Å². The normalized spacial score (nSPS) is 12.9. The minimum atomic E-state index is -0.307. The van der Waals surface area contributed by atoms with E-state index in [0.717, 1.165) is 24.2 Å². The van der Waals surface area contributed by atoms with Crippen molar-refractivity contribution in [3.63, 3.8) is 0 Å². The van der Waals surface area contributed by atoms with Crippen LogP contribution in [0, 0.1) is 0 Å². The molecular formula is C22H33ClN4O2. The van der Waals surface area contributed by atoms with E-state index in [4.69, 9.17) is 0 Å². The van der Waals surface area contributed by atoms with E-state index in [1.807, 2.05) is 54.6 Å². The second kappa shape index (κ2) is 10.7. The summed E-state index contributed by atoms with van der Waals surface area (Å²) in [4.78, 5) is 15.0. The third kappa shape index (κ3) is 5.17. The van der Waals surface area contributed by atoms with Crippen molar-refractivity contribution in [2.24, 2.45) is 0 Å². The Morgan fingerprint density at radius 3 is 2.24 bits per heavy atom. The van der Waals surface area contributed by atoms with Gasteiger partial charge >= 0.3 is 0 Å². The van der Waals surface area contributed by atoms with Crippen molar-refractivity contribution in [3.8, 4) is 5.75 Å². The van der Waals surface area contributed by atoms with E-state index in [0.29, 0.717) is 5.39 Å². The molecule has 0 atom stereocenters. The quantitative estimate of drug-likeness (QED) is 0.412. The van der Waals surface area contributed by atoms with Crippen molar-refractivity contribution in [3.05, 3.63) is 66.2 Å². The molecule has 29 heavy (non-hydrogen) atoms. The summed E-state index contributed by atoms with van der Waals surface area (Å²) in [6.45, 7) is 2.19. The second-order valence-electron chi connectivity index (χ2n) is 6.73. The van der Waals surface area contributed by atoms with Gasteiger partial charge in [-0.25, -0.2) is 0 Å². The Morgan fingerprint density at radius 1 is 0.897 bits per heavy atom. The highest BCUT2D eigenvalue weighted by molar-refractivity contribution is 6.09. The van der Waals surface area contributed by atoms with Crippen LogP contribution in [0.25, 0.3) is 10.8 Å². The Balaban J connectivity index is 0. The maximum atomic E-state index is 12.6. The molecule has 160 valence electrons. The average molecular weight is 421 g/mol. The first-order valence-corrected chi connectivity index (χ1v) is 9.09. The van der Waals surface area contributed by atoms with E-state index in [2.05, 4.69) is 10.2 Å². The van der Waals surface area contributed by atoms with E-state index < -0.39 is 0 Å². The van der Waals surface area contributed by atoms with Gasteiger partial charge in [0.2, 0.25) is 0 Å². The van der Waals surface area contributed by atoms with Crippen LogP contribution in [-0.2, 0) is 0 Å². The summed E-state index contributed by atoms with van der Waals surface area (Å²) in [5.74, 6) is -0.287. The van der Waals surface area contributed by atoms with Gasteiger partial charge in [-0.1, -0.05) is 30.3 Å². The summed E-state index contributed by atoms with van der Waals surface area (Å²) in [5, 5.41) is 14.9. The van der Waals surface area contributed by atoms with Crippen molar-refractivity contribution in [2.45, 2.75) is 19.3 Å². The minimum Gasteiger partial charge on any atom is -0.506 e. The number of benzene rings is 3. The molecule has 1 aliphatic rings. The number of fused-ring (bicyclic) bond motifs is 1. The van der Waals surface area contributed by atoms with Gasteiger partial charge in [0, 0.05) is 32.7 Å². The van der Waals surface area contributed by atoms with Gasteiger partial charge in [-0.3, -0.25) is 4.79 Å². The van der Waals surface area contributed by atoms with Crippen LogP contribution < -0.4 is 22.5 Å². The molecule has 4 rings (SSSR count). The summed E-state index contributed by atoms with van der Waals surface area (Å²) in [5.41, 5.74) is 2.20. The number of aromatic hydroxyl groups is 1. The molecule has 7 heteroatoms. The molecule has 1 fully saturated rings. The lowest BCUT2D eigenvalue weighted by atomic mass is 10.0. The van der Waals surface area contributed by atoms with Crippen LogP contribution in [-0.4, -0.2) is 24.1 Å². The zero-order chi connectivity index (χ0) is 17.9. The molecule has 0 aromatic heterocycles.